The normalized spacial score (nSPS) is 34.7. The number of rotatable bonds is 2. The van der Waals surface area contributed by atoms with Gasteiger partial charge in [0.2, 0.25) is 0 Å². The van der Waals surface area contributed by atoms with E-state index in [2.05, 4.69) is 6.92 Å². The van der Waals surface area contributed by atoms with Crippen LogP contribution in [0, 0.1) is 11.8 Å². The first kappa shape index (κ1) is 10.4. The highest BCUT2D eigenvalue weighted by Gasteiger charge is 2.41. The summed E-state index contributed by atoms with van der Waals surface area (Å²) in [6.07, 6.45) is 8.01. The molecule has 1 saturated carbocycles. The molecule has 1 heterocycles. The number of carbonyl (C=O) groups is 1. The number of carbonyl (C=O) groups excluding carboxylic acids is 1. The molecular weight excluding hydrogens is 200 g/mol. The molecule has 2 aliphatic carbocycles. The van der Waals surface area contributed by atoms with Gasteiger partial charge in [-0.05, 0) is 43.9 Å². The van der Waals surface area contributed by atoms with Crippen LogP contribution in [0.2, 0.25) is 0 Å². The van der Waals surface area contributed by atoms with Crippen molar-refractivity contribution in [3.8, 4) is 0 Å². The van der Waals surface area contributed by atoms with Crippen LogP contribution in [-0.4, -0.2) is 11.9 Å². The Balaban J connectivity index is 1.88. The van der Waals surface area contributed by atoms with Crippen molar-refractivity contribution in [3.63, 3.8) is 0 Å². The van der Waals surface area contributed by atoms with E-state index in [-0.39, 0.29) is 0 Å². The largest absolute Gasteiger partial charge is 0.494 e. The molecule has 0 bridgehead atoms. The van der Waals surface area contributed by atoms with Crippen LogP contribution in [0.3, 0.4) is 0 Å². The van der Waals surface area contributed by atoms with E-state index < -0.39 is 0 Å². The molecule has 1 fully saturated rings. The van der Waals surface area contributed by atoms with E-state index in [1.54, 1.807) is 0 Å². The summed E-state index contributed by atoms with van der Waals surface area (Å²) in [7, 11) is 0. The summed E-state index contributed by atoms with van der Waals surface area (Å²) in [5.41, 5.74) is 1.06. The maximum atomic E-state index is 12.0. The summed E-state index contributed by atoms with van der Waals surface area (Å²) in [4.78, 5) is 12.0. The third-order valence-electron chi connectivity index (χ3n) is 4.27. The van der Waals surface area contributed by atoms with Crippen molar-refractivity contribution in [2.75, 3.05) is 0 Å². The standard InChI is InChI=1S/C14H20O2/c1-2-9-8-13(10-6-7-10)16-12-5-3-4-11(15)14(9)12/h9-10,13H,2-8H2,1H3. The zero-order valence-electron chi connectivity index (χ0n) is 10.00. The minimum Gasteiger partial charge on any atom is -0.494 e. The first-order chi connectivity index (χ1) is 7.79. The van der Waals surface area contributed by atoms with Gasteiger partial charge in [-0.2, -0.15) is 0 Å². The van der Waals surface area contributed by atoms with Crippen LogP contribution in [0.1, 0.15) is 51.9 Å². The Morgan fingerprint density at radius 2 is 2.12 bits per heavy atom. The molecule has 0 spiro atoms. The molecule has 2 atom stereocenters. The molecule has 0 amide bonds. The van der Waals surface area contributed by atoms with Crippen LogP contribution in [0.25, 0.3) is 0 Å². The number of ketones is 1. The average molecular weight is 220 g/mol. The molecule has 0 radical (unpaired) electrons. The predicted molar refractivity (Wildman–Crippen MR) is 61.9 cm³/mol. The van der Waals surface area contributed by atoms with E-state index in [0.29, 0.717) is 17.8 Å². The number of allylic oxidation sites excluding steroid dienone is 2. The van der Waals surface area contributed by atoms with Crippen LogP contribution in [0.4, 0.5) is 0 Å². The molecule has 2 unspecified atom stereocenters. The third-order valence-corrected chi connectivity index (χ3v) is 4.27. The van der Waals surface area contributed by atoms with Gasteiger partial charge in [-0.3, -0.25) is 4.79 Å². The molecule has 3 rings (SSSR count). The van der Waals surface area contributed by atoms with Crippen LogP contribution < -0.4 is 0 Å². The highest BCUT2D eigenvalue weighted by Crippen LogP contribution is 2.45. The third kappa shape index (κ3) is 1.68. The molecule has 0 aromatic rings. The second-order valence-electron chi connectivity index (χ2n) is 5.45. The number of hydrogen-bond acceptors (Lipinski definition) is 2. The van der Waals surface area contributed by atoms with Gasteiger partial charge in [-0.1, -0.05) is 6.92 Å². The molecule has 88 valence electrons. The van der Waals surface area contributed by atoms with E-state index in [1.165, 1.54) is 12.8 Å². The molecule has 1 aliphatic heterocycles. The Morgan fingerprint density at radius 3 is 2.81 bits per heavy atom. The maximum absolute atomic E-state index is 12.0. The van der Waals surface area contributed by atoms with Crippen molar-refractivity contribution in [2.24, 2.45) is 11.8 Å². The zero-order valence-corrected chi connectivity index (χ0v) is 10.00. The number of hydrogen-bond donors (Lipinski definition) is 0. The predicted octanol–water partition coefficient (Wildman–Crippen LogP) is 3.22. The van der Waals surface area contributed by atoms with Crippen LogP contribution in [-0.2, 0) is 9.53 Å². The molecule has 2 nitrogen and oxygen atoms in total. The fraction of sp³-hybridized carbons (Fsp3) is 0.786. The lowest BCUT2D eigenvalue weighted by atomic mass is 9.80. The van der Waals surface area contributed by atoms with Gasteiger partial charge < -0.3 is 4.74 Å². The van der Waals surface area contributed by atoms with Gasteiger partial charge in [-0.15, -0.1) is 0 Å². The van der Waals surface area contributed by atoms with Gasteiger partial charge in [0.1, 0.15) is 11.9 Å². The second-order valence-corrected chi connectivity index (χ2v) is 5.45. The number of ether oxygens (including phenoxy) is 1. The van der Waals surface area contributed by atoms with Crippen LogP contribution >= 0.6 is 0 Å². The lowest BCUT2D eigenvalue weighted by Gasteiger charge is -2.35. The van der Waals surface area contributed by atoms with Crippen LogP contribution in [0.5, 0.6) is 0 Å². The maximum Gasteiger partial charge on any atom is 0.162 e. The summed E-state index contributed by atoms with van der Waals surface area (Å²) in [5, 5.41) is 0. The summed E-state index contributed by atoms with van der Waals surface area (Å²) in [6.45, 7) is 2.20. The van der Waals surface area contributed by atoms with Crippen molar-refractivity contribution in [1.82, 2.24) is 0 Å². The van der Waals surface area contributed by atoms with E-state index in [0.717, 1.165) is 49.4 Å². The van der Waals surface area contributed by atoms with E-state index in [9.17, 15) is 4.79 Å². The summed E-state index contributed by atoms with van der Waals surface area (Å²) in [5.74, 6) is 2.70. The van der Waals surface area contributed by atoms with Crippen molar-refractivity contribution in [1.29, 1.82) is 0 Å². The Hall–Kier alpha value is -0.790. The molecule has 0 saturated heterocycles. The van der Waals surface area contributed by atoms with Crippen molar-refractivity contribution in [2.45, 2.75) is 58.0 Å². The summed E-state index contributed by atoms with van der Waals surface area (Å²) < 4.78 is 6.08. The molecule has 16 heavy (non-hydrogen) atoms. The molecule has 0 aromatic carbocycles. The SMILES string of the molecule is CCC1CC(C2CC2)OC2=C1C(=O)CCC2. The Kier molecular flexibility index (Phi) is 2.53. The van der Waals surface area contributed by atoms with Crippen molar-refractivity contribution in [3.05, 3.63) is 11.3 Å². The van der Waals surface area contributed by atoms with Gasteiger partial charge in [0.05, 0.1) is 0 Å². The molecule has 3 aliphatic rings. The van der Waals surface area contributed by atoms with Gasteiger partial charge in [0, 0.05) is 18.4 Å². The molecule has 2 heteroatoms. The zero-order chi connectivity index (χ0) is 11.1. The highest BCUT2D eigenvalue weighted by molar-refractivity contribution is 5.97. The monoisotopic (exact) mass is 220 g/mol. The first-order valence-electron chi connectivity index (χ1n) is 6.72. The fourth-order valence-corrected chi connectivity index (χ4v) is 3.17. The molecule has 0 aromatic heterocycles. The van der Waals surface area contributed by atoms with E-state index in [1.807, 2.05) is 0 Å². The summed E-state index contributed by atoms with van der Waals surface area (Å²) in [6, 6.07) is 0. The van der Waals surface area contributed by atoms with E-state index in [4.69, 9.17) is 4.74 Å². The first-order valence-corrected chi connectivity index (χ1v) is 6.72. The smallest absolute Gasteiger partial charge is 0.162 e. The highest BCUT2D eigenvalue weighted by atomic mass is 16.5. The quantitative estimate of drug-likeness (QED) is 0.714. The van der Waals surface area contributed by atoms with Gasteiger partial charge in [-0.25, -0.2) is 0 Å². The Bertz CT molecular complexity index is 339. The average Bonchev–Trinajstić information content (AvgIpc) is 3.11. The Labute approximate surface area is 97.1 Å². The lowest BCUT2D eigenvalue weighted by Crippen LogP contribution is -2.32. The van der Waals surface area contributed by atoms with Crippen LogP contribution in [0.15, 0.2) is 11.3 Å². The number of Topliss-reactive ketones (excluding diaryl/α,β-unsaturated/α-hetero) is 1. The molecule has 0 N–H and O–H groups in total. The topological polar surface area (TPSA) is 26.3 Å². The molecular formula is C14H20O2. The minimum atomic E-state index is 0.363. The summed E-state index contributed by atoms with van der Waals surface area (Å²) >= 11 is 0. The van der Waals surface area contributed by atoms with Crippen molar-refractivity contribution < 1.29 is 9.53 Å². The minimum absolute atomic E-state index is 0.363. The second kappa shape index (κ2) is 3.90. The fourth-order valence-electron chi connectivity index (χ4n) is 3.17. The van der Waals surface area contributed by atoms with E-state index >= 15 is 0 Å². The lowest BCUT2D eigenvalue weighted by molar-refractivity contribution is -0.118. The van der Waals surface area contributed by atoms with Gasteiger partial charge in [0.15, 0.2) is 5.78 Å². The van der Waals surface area contributed by atoms with Gasteiger partial charge >= 0.3 is 0 Å². The van der Waals surface area contributed by atoms with Gasteiger partial charge in [0.25, 0.3) is 0 Å². The Morgan fingerprint density at radius 1 is 1.31 bits per heavy atom. The van der Waals surface area contributed by atoms with Crippen molar-refractivity contribution >= 4 is 5.78 Å².